The topological polar surface area (TPSA) is 40.6 Å². The molecule has 23 heavy (non-hydrogen) atoms. The molecule has 2 amide bonds. The first-order valence-electron chi connectivity index (χ1n) is 9.74. The third kappa shape index (κ3) is 8.50. The molecular weight excluding hydrogens is 288 g/mol. The van der Waals surface area contributed by atoms with Crippen LogP contribution < -0.4 is 0 Å². The first-order chi connectivity index (χ1) is 11.2. The molecule has 1 aliphatic heterocycles. The molecule has 0 spiro atoms. The quantitative estimate of drug-likeness (QED) is 0.352. The van der Waals surface area contributed by atoms with Gasteiger partial charge in [-0.2, -0.15) is 0 Å². The van der Waals surface area contributed by atoms with Crippen molar-refractivity contribution in [1.29, 1.82) is 0 Å². The van der Waals surface area contributed by atoms with Crippen molar-refractivity contribution in [2.24, 2.45) is 0 Å². The van der Waals surface area contributed by atoms with E-state index in [4.69, 9.17) is 0 Å². The molecule has 0 bridgehead atoms. The molecular formula is C19H36N2O2. The van der Waals surface area contributed by atoms with E-state index in [2.05, 4.69) is 18.7 Å². The molecule has 1 heterocycles. The normalized spacial score (nSPS) is 15.2. The van der Waals surface area contributed by atoms with Crippen LogP contribution in [-0.4, -0.2) is 41.4 Å². The lowest BCUT2D eigenvalue weighted by atomic mass is 10.1. The molecule has 0 aromatic heterocycles. The summed E-state index contributed by atoms with van der Waals surface area (Å²) in [7, 11) is 0. The number of rotatable bonds is 14. The molecule has 0 unspecified atom stereocenters. The minimum atomic E-state index is 0.0111. The summed E-state index contributed by atoms with van der Waals surface area (Å²) in [5, 5.41) is 0. The Kier molecular flexibility index (Phi) is 11.0. The van der Waals surface area contributed by atoms with E-state index in [1.165, 1.54) is 69.1 Å². The van der Waals surface area contributed by atoms with Crippen LogP contribution in [0.4, 0.5) is 0 Å². The monoisotopic (exact) mass is 324 g/mol. The van der Waals surface area contributed by atoms with Crippen molar-refractivity contribution in [1.82, 2.24) is 9.80 Å². The van der Waals surface area contributed by atoms with Crippen LogP contribution in [0.2, 0.25) is 0 Å². The Labute approximate surface area is 142 Å². The summed E-state index contributed by atoms with van der Waals surface area (Å²) in [5.41, 5.74) is 0. The van der Waals surface area contributed by atoms with Crippen molar-refractivity contribution in [3.05, 3.63) is 0 Å². The number of hydrogen-bond donors (Lipinski definition) is 0. The summed E-state index contributed by atoms with van der Waals surface area (Å²) in [6.07, 6.45) is 13.4. The number of hydrogen-bond acceptors (Lipinski definition) is 3. The van der Waals surface area contributed by atoms with Gasteiger partial charge in [0, 0.05) is 12.8 Å². The van der Waals surface area contributed by atoms with Gasteiger partial charge in [-0.15, -0.1) is 0 Å². The SMILES string of the molecule is CCCCCCCN(CCCCCCC)CN1C(=O)CCC1=O. The molecule has 1 fully saturated rings. The fourth-order valence-corrected chi connectivity index (χ4v) is 3.11. The van der Waals surface area contributed by atoms with E-state index in [1.807, 2.05) is 0 Å². The molecule has 1 aliphatic rings. The van der Waals surface area contributed by atoms with Crippen molar-refractivity contribution in [3.63, 3.8) is 0 Å². The van der Waals surface area contributed by atoms with Gasteiger partial charge >= 0.3 is 0 Å². The van der Waals surface area contributed by atoms with Gasteiger partial charge in [0.15, 0.2) is 0 Å². The highest BCUT2D eigenvalue weighted by Crippen LogP contribution is 2.14. The average molecular weight is 325 g/mol. The first-order valence-corrected chi connectivity index (χ1v) is 9.74. The summed E-state index contributed by atoms with van der Waals surface area (Å²) < 4.78 is 0. The van der Waals surface area contributed by atoms with E-state index < -0.39 is 0 Å². The number of carbonyl (C=O) groups excluding carboxylic acids is 2. The van der Waals surface area contributed by atoms with Gasteiger partial charge in [0.05, 0.1) is 6.67 Å². The average Bonchev–Trinajstić information content (AvgIpc) is 2.86. The number of imide groups is 1. The molecule has 134 valence electrons. The van der Waals surface area contributed by atoms with Crippen LogP contribution in [0.5, 0.6) is 0 Å². The zero-order chi connectivity index (χ0) is 16.9. The molecule has 0 saturated carbocycles. The van der Waals surface area contributed by atoms with Crippen LogP contribution in [-0.2, 0) is 9.59 Å². The maximum Gasteiger partial charge on any atom is 0.230 e. The molecule has 1 rings (SSSR count). The highest BCUT2D eigenvalue weighted by molar-refractivity contribution is 6.01. The number of amides is 2. The summed E-state index contributed by atoms with van der Waals surface area (Å²) in [6, 6.07) is 0. The predicted molar refractivity (Wildman–Crippen MR) is 95.0 cm³/mol. The third-order valence-corrected chi connectivity index (χ3v) is 4.65. The van der Waals surface area contributed by atoms with Gasteiger partial charge in [0.2, 0.25) is 11.8 Å². The summed E-state index contributed by atoms with van der Waals surface area (Å²) in [5.74, 6) is 0.0222. The van der Waals surface area contributed by atoms with Gasteiger partial charge in [0.25, 0.3) is 0 Å². The smallest absolute Gasteiger partial charge is 0.230 e. The van der Waals surface area contributed by atoms with Gasteiger partial charge < -0.3 is 0 Å². The van der Waals surface area contributed by atoms with Gasteiger partial charge in [-0.3, -0.25) is 19.4 Å². The Hall–Kier alpha value is -0.900. The summed E-state index contributed by atoms with van der Waals surface area (Å²) in [6.45, 7) is 6.99. The highest BCUT2D eigenvalue weighted by atomic mass is 16.2. The van der Waals surface area contributed by atoms with Crippen LogP contribution in [0.15, 0.2) is 0 Å². The summed E-state index contributed by atoms with van der Waals surface area (Å²) in [4.78, 5) is 27.4. The lowest BCUT2D eigenvalue weighted by Crippen LogP contribution is -2.41. The number of likely N-dealkylation sites (tertiary alicyclic amines) is 1. The fraction of sp³-hybridized carbons (Fsp3) is 0.895. The largest absolute Gasteiger partial charge is 0.286 e. The molecule has 0 aliphatic carbocycles. The van der Waals surface area contributed by atoms with Gasteiger partial charge in [0.1, 0.15) is 0 Å². The van der Waals surface area contributed by atoms with Crippen molar-refractivity contribution in [2.45, 2.75) is 90.9 Å². The van der Waals surface area contributed by atoms with Gasteiger partial charge in [-0.1, -0.05) is 65.2 Å². The van der Waals surface area contributed by atoms with E-state index in [1.54, 1.807) is 0 Å². The second-order valence-electron chi connectivity index (χ2n) is 6.80. The zero-order valence-electron chi connectivity index (χ0n) is 15.3. The lowest BCUT2D eigenvalue weighted by molar-refractivity contribution is -0.140. The molecule has 0 aromatic rings. The van der Waals surface area contributed by atoms with Crippen LogP contribution in [0.25, 0.3) is 0 Å². The second kappa shape index (κ2) is 12.5. The number of unbranched alkanes of at least 4 members (excludes halogenated alkanes) is 8. The first kappa shape index (κ1) is 20.1. The van der Waals surface area contributed by atoms with Crippen LogP contribution in [0, 0.1) is 0 Å². The minimum Gasteiger partial charge on any atom is -0.286 e. The molecule has 4 heteroatoms. The van der Waals surface area contributed by atoms with Crippen LogP contribution in [0.3, 0.4) is 0 Å². The molecule has 1 saturated heterocycles. The molecule has 0 N–H and O–H groups in total. The van der Waals surface area contributed by atoms with E-state index in [0.717, 1.165) is 13.1 Å². The highest BCUT2D eigenvalue weighted by Gasteiger charge is 2.29. The molecule has 0 radical (unpaired) electrons. The zero-order valence-corrected chi connectivity index (χ0v) is 15.3. The van der Waals surface area contributed by atoms with Gasteiger partial charge in [-0.05, 0) is 25.9 Å². The lowest BCUT2D eigenvalue weighted by Gasteiger charge is -2.26. The molecule has 0 atom stereocenters. The maximum atomic E-state index is 11.8. The van der Waals surface area contributed by atoms with Crippen molar-refractivity contribution >= 4 is 11.8 Å². The summed E-state index contributed by atoms with van der Waals surface area (Å²) >= 11 is 0. The van der Waals surface area contributed by atoms with Crippen molar-refractivity contribution < 1.29 is 9.59 Å². The minimum absolute atomic E-state index is 0.0111. The van der Waals surface area contributed by atoms with Crippen LogP contribution in [0.1, 0.15) is 90.9 Å². The second-order valence-corrected chi connectivity index (χ2v) is 6.80. The van der Waals surface area contributed by atoms with Gasteiger partial charge in [-0.25, -0.2) is 0 Å². The standard InChI is InChI=1S/C19H36N2O2/c1-3-5-7-9-11-15-20(16-12-10-8-6-4-2)17-21-18(22)13-14-19(21)23/h3-17H2,1-2H3. The maximum absolute atomic E-state index is 11.8. The van der Waals surface area contributed by atoms with Crippen LogP contribution >= 0.6 is 0 Å². The molecule has 0 aromatic carbocycles. The number of carbonyl (C=O) groups is 2. The van der Waals surface area contributed by atoms with E-state index in [0.29, 0.717) is 19.5 Å². The van der Waals surface area contributed by atoms with E-state index in [9.17, 15) is 9.59 Å². The van der Waals surface area contributed by atoms with E-state index >= 15 is 0 Å². The Morgan fingerprint density at radius 2 is 1.17 bits per heavy atom. The van der Waals surface area contributed by atoms with Crippen molar-refractivity contribution in [3.8, 4) is 0 Å². The Morgan fingerprint density at radius 1 is 0.739 bits per heavy atom. The van der Waals surface area contributed by atoms with Crippen molar-refractivity contribution in [2.75, 3.05) is 19.8 Å². The Balaban J connectivity index is 2.34. The third-order valence-electron chi connectivity index (χ3n) is 4.65. The fourth-order valence-electron chi connectivity index (χ4n) is 3.11. The molecule has 4 nitrogen and oxygen atoms in total. The predicted octanol–water partition coefficient (Wildman–Crippen LogP) is 4.34. The Morgan fingerprint density at radius 3 is 1.61 bits per heavy atom. The Bertz CT molecular complexity index is 314. The van der Waals surface area contributed by atoms with E-state index in [-0.39, 0.29) is 11.8 Å². The number of nitrogens with zero attached hydrogens (tertiary/aromatic N) is 2.